The molecule has 1 aromatic carbocycles. The van der Waals surface area contributed by atoms with Gasteiger partial charge >= 0.3 is 0 Å². The summed E-state index contributed by atoms with van der Waals surface area (Å²) in [5.41, 5.74) is 0.505. The summed E-state index contributed by atoms with van der Waals surface area (Å²) >= 11 is 7.26. The van der Waals surface area contributed by atoms with E-state index >= 15 is 0 Å². The first-order valence-corrected chi connectivity index (χ1v) is 7.20. The fourth-order valence-corrected chi connectivity index (χ4v) is 2.58. The molecule has 1 N–H and O–H groups in total. The molecule has 0 aliphatic rings. The van der Waals surface area contributed by atoms with Gasteiger partial charge in [0.1, 0.15) is 5.01 Å². The summed E-state index contributed by atoms with van der Waals surface area (Å²) < 4.78 is 13.9. The summed E-state index contributed by atoms with van der Waals surface area (Å²) in [6, 6.07) is 4.96. The van der Waals surface area contributed by atoms with E-state index in [4.69, 9.17) is 11.6 Å². The maximum absolute atomic E-state index is 13.9. The second-order valence-electron chi connectivity index (χ2n) is 5.34. The van der Waals surface area contributed by atoms with Crippen molar-refractivity contribution >= 4 is 22.9 Å². The SMILES string of the molecule is CC(C)(C)NCc1cnc(-c2cccc(Cl)c2F)s1. The van der Waals surface area contributed by atoms with E-state index in [1.165, 1.54) is 17.4 Å². The van der Waals surface area contributed by atoms with Crippen molar-refractivity contribution in [2.75, 3.05) is 0 Å². The highest BCUT2D eigenvalue weighted by molar-refractivity contribution is 7.15. The molecular formula is C14H16ClFN2S. The smallest absolute Gasteiger partial charge is 0.152 e. The molecule has 2 nitrogen and oxygen atoms in total. The molecular weight excluding hydrogens is 283 g/mol. The summed E-state index contributed by atoms with van der Waals surface area (Å²) in [7, 11) is 0. The van der Waals surface area contributed by atoms with E-state index in [0.717, 1.165) is 11.4 Å². The molecule has 0 amide bonds. The molecule has 19 heavy (non-hydrogen) atoms. The molecule has 0 saturated heterocycles. The van der Waals surface area contributed by atoms with E-state index in [2.05, 4.69) is 31.1 Å². The van der Waals surface area contributed by atoms with Crippen molar-refractivity contribution in [1.29, 1.82) is 0 Å². The van der Waals surface area contributed by atoms with Crippen molar-refractivity contribution in [3.8, 4) is 10.6 Å². The van der Waals surface area contributed by atoms with Crippen LogP contribution in [0.4, 0.5) is 4.39 Å². The Bertz CT molecular complexity index is 575. The standard InChI is InChI=1S/C14H16ClFN2S/c1-14(2,3)18-8-9-7-17-13(19-9)10-5-4-6-11(15)12(10)16/h4-7,18H,8H2,1-3H3. The van der Waals surface area contributed by atoms with Crippen molar-refractivity contribution in [1.82, 2.24) is 10.3 Å². The topological polar surface area (TPSA) is 24.9 Å². The Morgan fingerprint density at radius 2 is 2.11 bits per heavy atom. The first-order valence-electron chi connectivity index (χ1n) is 6.01. The van der Waals surface area contributed by atoms with Crippen molar-refractivity contribution in [3.63, 3.8) is 0 Å². The van der Waals surface area contributed by atoms with Crippen LogP contribution in [0, 0.1) is 5.82 Å². The molecule has 0 saturated carbocycles. The Balaban J connectivity index is 2.19. The zero-order valence-electron chi connectivity index (χ0n) is 11.1. The first kappa shape index (κ1) is 14.4. The molecule has 2 rings (SSSR count). The normalized spacial score (nSPS) is 11.8. The van der Waals surface area contributed by atoms with Crippen LogP contribution in [0.2, 0.25) is 5.02 Å². The van der Waals surface area contributed by atoms with E-state index in [0.29, 0.717) is 10.6 Å². The van der Waals surface area contributed by atoms with Crippen LogP contribution >= 0.6 is 22.9 Å². The number of hydrogen-bond acceptors (Lipinski definition) is 3. The first-order chi connectivity index (χ1) is 8.87. The quantitative estimate of drug-likeness (QED) is 0.903. The van der Waals surface area contributed by atoms with Gasteiger partial charge in [0.15, 0.2) is 5.82 Å². The molecule has 0 bridgehead atoms. The molecule has 1 aromatic heterocycles. The van der Waals surface area contributed by atoms with Gasteiger partial charge in [-0.1, -0.05) is 17.7 Å². The lowest BCUT2D eigenvalue weighted by Crippen LogP contribution is -2.34. The van der Waals surface area contributed by atoms with Gasteiger partial charge in [-0.05, 0) is 32.9 Å². The van der Waals surface area contributed by atoms with Crippen molar-refractivity contribution in [2.24, 2.45) is 0 Å². The average molecular weight is 299 g/mol. The lowest BCUT2D eigenvalue weighted by atomic mass is 10.1. The molecule has 0 fully saturated rings. The number of thiazole rings is 1. The predicted octanol–water partition coefficient (Wildman–Crippen LogP) is 4.49. The Kier molecular flexibility index (Phi) is 4.23. The summed E-state index contributed by atoms with van der Waals surface area (Å²) in [4.78, 5) is 5.34. The van der Waals surface area contributed by atoms with Gasteiger partial charge in [-0.25, -0.2) is 9.37 Å². The number of benzene rings is 1. The molecule has 0 unspecified atom stereocenters. The van der Waals surface area contributed by atoms with Crippen molar-refractivity contribution < 1.29 is 4.39 Å². The molecule has 1 heterocycles. The lowest BCUT2D eigenvalue weighted by Gasteiger charge is -2.19. The van der Waals surface area contributed by atoms with E-state index < -0.39 is 5.82 Å². The monoisotopic (exact) mass is 298 g/mol. The van der Waals surface area contributed by atoms with Gasteiger partial charge in [0.05, 0.1) is 5.02 Å². The van der Waals surface area contributed by atoms with Crippen LogP contribution in [-0.2, 0) is 6.54 Å². The Hall–Kier alpha value is -0.970. The van der Waals surface area contributed by atoms with E-state index in [1.54, 1.807) is 18.3 Å². The highest BCUT2D eigenvalue weighted by Gasteiger charge is 2.14. The Morgan fingerprint density at radius 1 is 1.37 bits per heavy atom. The van der Waals surface area contributed by atoms with Crippen LogP contribution in [-0.4, -0.2) is 10.5 Å². The summed E-state index contributed by atoms with van der Waals surface area (Å²) in [5, 5.41) is 4.16. The minimum atomic E-state index is -0.408. The number of hydrogen-bond donors (Lipinski definition) is 1. The molecule has 5 heteroatoms. The van der Waals surface area contributed by atoms with Gasteiger partial charge < -0.3 is 5.32 Å². The zero-order chi connectivity index (χ0) is 14.0. The number of rotatable bonds is 3. The fraction of sp³-hybridized carbons (Fsp3) is 0.357. The van der Waals surface area contributed by atoms with Crippen molar-refractivity contribution in [2.45, 2.75) is 32.9 Å². The highest BCUT2D eigenvalue weighted by Crippen LogP contribution is 2.30. The second kappa shape index (κ2) is 5.57. The minimum absolute atomic E-state index is 0.0471. The maximum atomic E-state index is 13.9. The van der Waals surface area contributed by atoms with Crippen LogP contribution in [0.3, 0.4) is 0 Å². The molecule has 0 aliphatic heterocycles. The predicted molar refractivity (Wildman–Crippen MR) is 79.1 cm³/mol. The molecule has 0 aliphatic carbocycles. The lowest BCUT2D eigenvalue weighted by molar-refractivity contribution is 0.426. The maximum Gasteiger partial charge on any atom is 0.152 e. The Morgan fingerprint density at radius 3 is 2.79 bits per heavy atom. The third-order valence-electron chi connectivity index (χ3n) is 2.53. The van der Waals surface area contributed by atoms with E-state index in [9.17, 15) is 4.39 Å². The van der Waals surface area contributed by atoms with Crippen LogP contribution in [0.15, 0.2) is 24.4 Å². The second-order valence-corrected chi connectivity index (χ2v) is 6.86. The number of nitrogens with one attached hydrogen (secondary N) is 1. The molecule has 0 radical (unpaired) electrons. The summed E-state index contributed by atoms with van der Waals surface area (Å²) in [6.45, 7) is 7.03. The number of nitrogens with zero attached hydrogens (tertiary/aromatic N) is 1. The Labute approximate surface area is 121 Å². The average Bonchev–Trinajstić information content (AvgIpc) is 2.78. The van der Waals surface area contributed by atoms with Crippen LogP contribution < -0.4 is 5.32 Å². The van der Waals surface area contributed by atoms with Crippen LogP contribution in [0.1, 0.15) is 25.6 Å². The summed E-state index contributed by atoms with van der Waals surface area (Å²) in [5.74, 6) is -0.408. The third-order valence-corrected chi connectivity index (χ3v) is 3.85. The van der Waals surface area contributed by atoms with Crippen molar-refractivity contribution in [3.05, 3.63) is 40.1 Å². The fourth-order valence-electron chi connectivity index (χ4n) is 1.54. The summed E-state index contributed by atoms with van der Waals surface area (Å²) in [6.07, 6.45) is 1.78. The molecule has 0 atom stereocenters. The van der Waals surface area contributed by atoms with Gasteiger partial charge in [-0.2, -0.15) is 0 Å². The number of halogens is 2. The van der Waals surface area contributed by atoms with E-state index in [1.807, 2.05) is 0 Å². The third kappa shape index (κ3) is 3.75. The van der Waals surface area contributed by atoms with Gasteiger partial charge in [0.2, 0.25) is 0 Å². The van der Waals surface area contributed by atoms with Gasteiger partial charge in [0, 0.05) is 28.7 Å². The van der Waals surface area contributed by atoms with Crippen LogP contribution in [0.25, 0.3) is 10.6 Å². The largest absolute Gasteiger partial charge is 0.307 e. The van der Waals surface area contributed by atoms with E-state index in [-0.39, 0.29) is 10.6 Å². The van der Waals surface area contributed by atoms with Gasteiger partial charge in [-0.3, -0.25) is 0 Å². The molecule has 2 aromatic rings. The van der Waals surface area contributed by atoms with Gasteiger partial charge in [-0.15, -0.1) is 11.3 Å². The van der Waals surface area contributed by atoms with Gasteiger partial charge in [0.25, 0.3) is 0 Å². The highest BCUT2D eigenvalue weighted by atomic mass is 35.5. The number of aromatic nitrogens is 1. The molecule has 102 valence electrons. The molecule has 0 spiro atoms. The minimum Gasteiger partial charge on any atom is -0.307 e. The van der Waals surface area contributed by atoms with Crippen LogP contribution in [0.5, 0.6) is 0 Å². The zero-order valence-corrected chi connectivity index (χ0v) is 12.7.